The summed E-state index contributed by atoms with van der Waals surface area (Å²) >= 11 is 0. The number of hydrogen-bond acceptors (Lipinski definition) is 2. The van der Waals surface area contributed by atoms with Crippen LogP contribution in [-0.4, -0.2) is 12.5 Å². The van der Waals surface area contributed by atoms with Crippen LogP contribution in [0.4, 0.5) is 5.69 Å². The molecule has 3 heteroatoms. The number of amides is 1. The number of hydrogen-bond donors (Lipinski definition) is 2. The van der Waals surface area contributed by atoms with E-state index in [9.17, 15) is 4.79 Å². The van der Waals surface area contributed by atoms with Gasteiger partial charge in [0.15, 0.2) is 0 Å². The summed E-state index contributed by atoms with van der Waals surface area (Å²) in [5, 5.41) is 2.96. The Balaban J connectivity index is 2.84. The van der Waals surface area contributed by atoms with Crippen LogP contribution < -0.4 is 11.1 Å². The van der Waals surface area contributed by atoms with E-state index in [-0.39, 0.29) is 11.8 Å². The van der Waals surface area contributed by atoms with Crippen LogP contribution in [0.2, 0.25) is 0 Å². The van der Waals surface area contributed by atoms with Crippen LogP contribution in [0.15, 0.2) is 18.2 Å². The summed E-state index contributed by atoms with van der Waals surface area (Å²) in [6.07, 6.45) is 0.771. The molecular weight excluding hydrogens is 200 g/mol. The fourth-order valence-electron chi connectivity index (χ4n) is 1.70. The molecule has 0 aromatic heterocycles. The van der Waals surface area contributed by atoms with E-state index in [1.165, 1.54) is 0 Å². The number of para-hydroxylation sites is 1. The zero-order valence-corrected chi connectivity index (χ0v) is 10.2. The van der Waals surface area contributed by atoms with Gasteiger partial charge in [0.1, 0.15) is 0 Å². The van der Waals surface area contributed by atoms with Crippen molar-refractivity contribution in [1.82, 2.24) is 0 Å². The van der Waals surface area contributed by atoms with Crippen molar-refractivity contribution in [2.45, 2.75) is 27.2 Å². The van der Waals surface area contributed by atoms with Crippen LogP contribution in [0.25, 0.3) is 0 Å². The van der Waals surface area contributed by atoms with E-state index in [4.69, 9.17) is 5.73 Å². The van der Waals surface area contributed by atoms with Crippen molar-refractivity contribution in [1.29, 1.82) is 0 Å². The third kappa shape index (κ3) is 2.83. The molecule has 0 aliphatic heterocycles. The Morgan fingerprint density at radius 2 is 1.94 bits per heavy atom. The highest BCUT2D eigenvalue weighted by Crippen LogP contribution is 2.20. The molecule has 1 amide bonds. The summed E-state index contributed by atoms with van der Waals surface area (Å²) in [4.78, 5) is 11.9. The number of aryl methyl sites for hydroxylation is 2. The van der Waals surface area contributed by atoms with Crippen molar-refractivity contribution in [2.75, 3.05) is 11.9 Å². The topological polar surface area (TPSA) is 55.1 Å². The first-order valence-corrected chi connectivity index (χ1v) is 5.67. The Morgan fingerprint density at radius 1 is 1.38 bits per heavy atom. The summed E-state index contributed by atoms with van der Waals surface area (Å²) in [5.41, 5.74) is 8.64. The maximum Gasteiger partial charge on any atom is 0.228 e. The molecule has 0 saturated heterocycles. The van der Waals surface area contributed by atoms with E-state index in [2.05, 4.69) is 5.32 Å². The number of nitrogens with one attached hydrogen (secondary N) is 1. The van der Waals surface area contributed by atoms with Crippen molar-refractivity contribution in [2.24, 2.45) is 11.7 Å². The van der Waals surface area contributed by atoms with Crippen LogP contribution in [0, 0.1) is 19.8 Å². The summed E-state index contributed by atoms with van der Waals surface area (Å²) < 4.78 is 0. The molecule has 0 spiro atoms. The van der Waals surface area contributed by atoms with Gasteiger partial charge in [-0.2, -0.15) is 0 Å². The molecule has 16 heavy (non-hydrogen) atoms. The van der Waals surface area contributed by atoms with Crippen LogP contribution in [0.1, 0.15) is 24.5 Å². The minimum atomic E-state index is -0.0981. The molecule has 88 valence electrons. The molecular formula is C13H20N2O. The van der Waals surface area contributed by atoms with Crippen LogP contribution in [0.3, 0.4) is 0 Å². The summed E-state index contributed by atoms with van der Waals surface area (Å²) in [5.74, 6) is -0.0820. The Bertz CT molecular complexity index is 350. The summed E-state index contributed by atoms with van der Waals surface area (Å²) in [6, 6.07) is 5.97. The van der Waals surface area contributed by atoms with Gasteiger partial charge < -0.3 is 11.1 Å². The molecule has 0 bridgehead atoms. The molecule has 0 fully saturated rings. The van der Waals surface area contributed by atoms with Gasteiger partial charge in [-0.3, -0.25) is 4.79 Å². The van der Waals surface area contributed by atoms with E-state index >= 15 is 0 Å². The first kappa shape index (κ1) is 12.7. The second-order valence-electron chi connectivity index (χ2n) is 4.10. The van der Waals surface area contributed by atoms with Gasteiger partial charge >= 0.3 is 0 Å². The van der Waals surface area contributed by atoms with Crippen molar-refractivity contribution >= 4 is 11.6 Å². The molecule has 0 saturated carbocycles. The molecule has 1 rings (SSSR count). The Morgan fingerprint density at radius 3 is 2.38 bits per heavy atom. The Hall–Kier alpha value is -1.35. The lowest BCUT2D eigenvalue weighted by Gasteiger charge is -2.15. The largest absolute Gasteiger partial charge is 0.330 e. The monoisotopic (exact) mass is 220 g/mol. The number of carbonyl (C=O) groups is 1. The molecule has 1 aromatic rings. The van der Waals surface area contributed by atoms with Gasteiger partial charge in [0.2, 0.25) is 5.91 Å². The smallest absolute Gasteiger partial charge is 0.228 e. The van der Waals surface area contributed by atoms with Gasteiger partial charge in [0.05, 0.1) is 5.92 Å². The van der Waals surface area contributed by atoms with Gasteiger partial charge in [-0.05, 0) is 31.4 Å². The van der Waals surface area contributed by atoms with E-state index in [0.717, 1.165) is 23.2 Å². The predicted octanol–water partition coefficient (Wildman–Crippen LogP) is 2.23. The number of anilines is 1. The third-order valence-corrected chi connectivity index (χ3v) is 2.88. The standard InChI is InChI=1S/C13H20N2O/c1-4-11(8-14)13(16)15-12-9(2)6-5-7-10(12)3/h5-7,11H,4,8,14H2,1-3H3,(H,15,16). The number of nitrogens with two attached hydrogens (primary N) is 1. The first-order chi connectivity index (χ1) is 7.60. The fourth-order valence-corrected chi connectivity index (χ4v) is 1.70. The molecule has 3 N–H and O–H groups in total. The molecule has 1 aromatic carbocycles. The molecule has 0 aliphatic carbocycles. The highest BCUT2D eigenvalue weighted by Gasteiger charge is 2.15. The zero-order chi connectivity index (χ0) is 12.1. The van der Waals surface area contributed by atoms with Crippen molar-refractivity contribution < 1.29 is 4.79 Å². The minimum Gasteiger partial charge on any atom is -0.330 e. The van der Waals surface area contributed by atoms with E-state index in [1.807, 2.05) is 39.0 Å². The normalized spacial score (nSPS) is 12.2. The quantitative estimate of drug-likeness (QED) is 0.817. The molecule has 3 nitrogen and oxygen atoms in total. The van der Waals surface area contributed by atoms with Crippen molar-refractivity contribution in [3.05, 3.63) is 29.3 Å². The van der Waals surface area contributed by atoms with E-state index < -0.39 is 0 Å². The molecule has 0 heterocycles. The van der Waals surface area contributed by atoms with Gasteiger partial charge in [-0.15, -0.1) is 0 Å². The Kier molecular flexibility index (Phi) is 4.50. The number of rotatable bonds is 4. The van der Waals surface area contributed by atoms with Crippen LogP contribution in [0.5, 0.6) is 0 Å². The second-order valence-corrected chi connectivity index (χ2v) is 4.10. The highest BCUT2D eigenvalue weighted by molar-refractivity contribution is 5.94. The summed E-state index contributed by atoms with van der Waals surface area (Å²) in [6.45, 7) is 6.35. The third-order valence-electron chi connectivity index (χ3n) is 2.88. The lowest BCUT2D eigenvalue weighted by atomic mass is 10.0. The number of carbonyl (C=O) groups excluding carboxylic acids is 1. The van der Waals surface area contributed by atoms with E-state index in [1.54, 1.807) is 0 Å². The number of benzene rings is 1. The lowest BCUT2D eigenvalue weighted by molar-refractivity contribution is -0.119. The zero-order valence-electron chi connectivity index (χ0n) is 10.2. The second kappa shape index (κ2) is 5.66. The lowest BCUT2D eigenvalue weighted by Crippen LogP contribution is -2.29. The van der Waals surface area contributed by atoms with Crippen LogP contribution >= 0.6 is 0 Å². The maximum absolute atomic E-state index is 11.9. The van der Waals surface area contributed by atoms with Crippen LogP contribution in [-0.2, 0) is 4.79 Å². The van der Waals surface area contributed by atoms with Gasteiger partial charge in [0, 0.05) is 12.2 Å². The van der Waals surface area contributed by atoms with E-state index in [0.29, 0.717) is 6.54 Å². The maximum atomic E-state index is 11.9. The predicted molar refractivity (Wildman–Crippen MR) is 67.4 cm³/mol. The highest BCUT2D eigenvalue weighted by atomic mass is 16.1. The van der Waals surface area contributed by atoms with Gasteiger partial charge in [-0.1, -0.05) is 25.1 Å². The molecule has 0 aliphatic rings. The minimum absolute atomic E-state index is 0.0161. The van der Waals surface area contributed by atoms with Crippen molar-refractivity contribution in [3.8, 4) is 0 Å². The first-order valence-electron chi connectivity index (χ1n) is 5.67. The Labute approximate surface area is 97.0 Å². The van der Waals surface area contributed by atoms with Crippen molar-refractivity contribution in [3.63, 3.8) is 0 Å². The SMILES string of the molecule is CCC(CN)C(=O)Nc1c(C)cccc1C. The molecule has 1 unspecified atom stereocenters. The molecule has 1 atom stereocenters. The molecule has 0 radical (unpaired) electrons. The summed E-state index contributed by atoms with van der Waals surface area (Å²) in [7, 11) is 0. The van der Waals surface area contributed by atoms with Gasteiger partial charge in [-0.25, -0.2) is 0 Å². The van der Waals surface area contributed by atoms with Gasteiger partial charge in [0.25, 0.3) is 0 Å². The average molecular weight is 220 g/mol. The average Bonchev–Trinajstić information content (AvgIpc) is 2.25. The fraction of sp³-hybridized carbons (Fsp3) is 0.462.